The lowest BCUT2D eigenvalue weighted by molar-refractivity contribution is 0.558. The van der Waals surface area contributed by atoms with Gasteiger partial charge in [0.2, 0.25) is 0 Å². The first kappa shape index (κ1) is 14.4. The second-order valence-electron chi connectivity index (χ2n) is 5.83. The van der Waals surface area contributed by atoms with Crippen LogP contribution in [0.5, 0.6) is 0 Å². The van der Waals surface area contributed by atoms with Gasteiger partial charge in [0.05, 0.1) is 12.2 Å². The molecule has 2 aromatic heterocycles. The minimum Gasteiger partial charge on any atom is -0.272 e. The van der Waals surface area contributed by atoms with Gasteiger partial charge < -0.3 is 0 Å². The van der Waals surface area contributed by atoms with Crippen LogP contribution in [-0.4, -0.2) is 25.0 Å². The van der Waals surface area contributed by atoms with Gasteiger partial charge in [-0.15, -0.1) is 0 Å². The lowest BCUT2D eigenvalue weighted by atomic mass is 10.1. The summed E-state index contributed by atoms with van der Waals surface area (Å²) in [5.74, 6) is 1.21. The molecule has 118 valence electrons. The summed E-state index contributed by atoms with van der Waals surface area (Å²) in [6, 6.07) is 7.47. The molecule has 0 radical (unpaired) electrons. The van der Waals surface area contributed by atoms with Gasteiger partial charge in [-0.05, 0) is 37.5 Å². The third-order valence-corrected chi connectivity index (χ3v) is 4.38. The Kier molecular flexibility index (Phi) is 3.41. The quantitative estimate of drug-likeness (QED) is 0.787. The van der Waals surface area contributed by atoms with Gasteiger partial charge in [-0.1, -0.05) is 23.7 Å². The summed E-state index contributed by atoms with van der Waals surface area (Å²) in [7, 11) is 0. The topological polar surface area (TPSA) is 59.4 Å². The van der Waals surface area contributed by atoms with Crippen molar-refractivity contribution in [2.24, 2.45) is 0 Å². The normalized spacial score (nSPS) is 15.8. The Balaban J connectivity index is 1.80. The first-order valence-electron chi connectivity index (χ1n) is 7.54. The Bertz CT molecular complexity index is 835. The molecule has 1 aliphatic carbocycles. The van der Waals surface area contributed by atoms with E-state index in [4.69, 9.17) is 11.6 Å². The molecule has 1 atom stereocenters. The van der Waals surface area contributed by atoms with Gasteiger partial charge in [0, 0.05) is 10.9 Å². The van der Waals surface area contributed by atoms with Crippen LogP contribution in [0, 0.1) is 5.82 Å². The van der Waals surface area contributed by atoms with E-state index in [0.29, 0.717) is 16.8 Å². The van der Waals surface area contributed by atoms with Crippen molar-refractivity contribution >= 4 is 11.6 Å². The van der Waals surface area contributed by atoms with E-state index in [0.717, 1.165) is 30.4 Å². The van der Waals surface area contributed by atoms with Gasteiger partial charge in [0.1, 0.15) is 5.69 Å². The zero-order valence-corrected chi connectivity index (χ0v) is 13.3. The highest BCUT2D eigenvalue weighted by Gasteiger charge is 2.31. The fourth-order valence-corrected chi connectivity index (χ4v) is 2.73. The highest BCUT2D eigenvalue weighted by Crippen LogP contribution is 2.39. The highest BCUT2D eigenvalue weighted by atomic mass is 35.5. The average Bonchev–Trinajstić information content (AvgIpc) is 3.17. The molecule has 1 unspecified atom stereocenters. The molecular weight excluding hydrogens is 317 g/mol. The zero-order chi connectivity index (χ0) is 16.0. The number of hydrogen-bond donors (Lipinski definition) is 1. The molecule has 4 rings (SSSR count). The van der Waals surface area contributed by atoms with Gasteiger partial charge in [0.25, 0.3) is 0 Å². The Morgan fingerprint density at radius 1 is 1.30 bits per heavy atom. The smallest absolute Gasteiger partial charge is 0.180 e. The standard InChI is InChI=1S/C16H15ClFN5/c1-9(10-4-6-12(17)7-5-10)23-16(14-13(18)8-19-21-14)20-15(22-23)11-2-3-11/h4-9,11H,2-3H2,1H3,(H,19,21). The summed E-state index contributed by atoms with van der Waals surface area (Å²) < 4.78 is 15.7. The van der Waals surface area contributed by atoms with E-state index in [-0.39, 0.29) is 11.7 Å². The predicted octanol–water partition coefficient (Wildman–Crippen LogP) is 3.95. The van der Waals surface area contributed by atoms with Crippen molar-refractivity contribution in [1.82, 2.24) is 25.0 Å². The zero-order valence-electron chi connectivity index (χ0n) is 12.5. The lowest BCUT2D eigenvalue weighted by Gasteiger charge is -2.14. The molecular formula is C16H15ClFN5. The van der Waals surface area contributed by atoms with E-state index in [1.54, 1.807) is 4.68 Å². The molecule has 0 aliphatic heterocycles. The number of aromatic amines is 1. The van der Waals surface area contributed by atoms with Crippen molar-refractivity contribution in [3.05, 3.63) is 52.7 Å². The molecule has 3 aromatic rings. The third kappa shape index (κ3) is 2.63. The van der Waals surface area contributed by atoms with Crippen molar-refractivity contribution in [3.8, 4) is 11.5 Å². The second kappa shape index (κ2) is 5.45. The molecule has 1 aliphatic rings. The molecule has 1 aromatic carbocycles. The Morgan fingerprint density at radius 3 is 2.65 bits per heavy atom. The molecule has 0 spiro atoms. The van der Waals surface area contributed by atoms with Crippen LogP contribution in [0.25, 0.3) is 11.5 Å². The number of hydrogen-bond acceptors (Lipinski definition) is 3. The monoisotopic (exact) mass is 331 g/mol. The van der Waals surface area contributed by atoms with Crippen molar-refractivity contribution in [2.75, 3.05) is 0 Å². The van der Waals surface area contributed by atoms with Gasteiger partial charge in [0.15, 0.2) is 17.5 Å². The molecule has 0 amide bonds. The van der Waals surface area contributed by atoms with Crippen LogP contribution >= 0.6 is 11.6 Å². The van der Waals surface area contributed by atoms with Crippen LogP contribution in [0.4, 0.5) is 4.39 Å². The maximum atomic E-state index is 14.0. The molecule has 5 nitrogen and oxygen atoms in total. The molecule has 23 heavy (non-hydrogen) atoms. The fraction of sp³-hybridized carbons (Fsp3) is 0.312. The largest absolute Gasteiger partial charge is 0.272 e. The molecule has 0 saturated heterocycles. The summed E-state index contributed by atoms with van der Waals surface area (Å²) >= 11 is 5.95. The molecule has 2 heterocycles. The number of nitrogens with one attached hydrogen (secondary N) is 1. The van der Waals surface area contributed by atoms with Crippen LogP contribution in [0.2, 0.25) is 5.02 Å². The van der Waals surface area contributed by atoms with Crippen molar-refractivity contribution < 1.29 is 4.39 Å². The number of aromatic nitrogens is 5. The van der Waals surface area contributed by atoms with Crippen molar-refractivity contribution in [1.29, 1.82) is 0 Å². The highest BCUT2D eigenvalue weighted by molar-refractivity contribution is 6.30. The number of benzene rings is 1. The van der Waals surface area contributed by atoms with Crippen LogP contribution in [0.15, 0.2) is 30.5 Å². The third-order valence-electron chi connectivity index (χ3n) is 4.13. The van der Waals surface area contributed by atoms with E-state index < -0.39 is 5.82 Å². The second-order valence-corrected chi connectivity index (χ2v) is 6.27. The maximum Gasteiger partial charge on any atom is 0.180 e. The van der Waals surface area contributed by atoms with Gasteiger partial charge >= 0.3 is 0 Å². The van der Waals surface area contributed by atoms with E-state index in [1.165, 1.54) is 0 Å². The van der Waals surface area contributed by atoms with Crippen LogP contribution in [0.3, 0.4) is 0 Å². The fourth-order valence-electron chi connectivity index (χ4n) is 2.61. The average molecular weight is 332 g/mol. The van der Waals surface area contributed by atoms with E-state index in [2.05, 4.69) is 20.3 Å². The first-order chi connectivity index (χ1) is 11.1. The Hall–Kier alpha value is -2.21. The van der Waals surface area contributed by atoms with Crippen LogP contribution in [0.1, 0.15) is 43.1 Å². The molecule has 0 bridgehead atoms. The SMILES string of the molecule is CC(c1ccc(Cl)cc1)n1nc(C2CC2)nc1-c1[nH]ncc1F. The summed E-state index contributed by atoms with van der Waals surface area (Å²) in [5, 5.41) is 11.7. The summed E-state index contributed by atoms with van der Waals surface area (Å²) in [4.78, 5) is 4.55. The minimum absolute atomic E-state index is 0.0926. The molecule has 1 N–H and O–H groups in total. The van der Waals surface area contributed by atoms with Gasteiger partial charge in [-0.2, -0.15) is 10.2 Å². The van der Waals surface area contributed by atoms with Gasteiger partial charge in [-0.3, -0.25) is 5.10 Å². The Morgan fingerprint density at radius 2 is 2.04 bits per heavy atom. The van der Waals surface area contributed by atoms with Crippen molar-refractivity contribution in [2.45, 2.75) is 31.7 Å². The Labute approximate surface area is 137 Å². The number of rotatable bonds is 4. The van der Waals surface area contributed by atoms with Crippen molar-refractivity contribution in [3.63, 3.8) is 0 Å². The number of H-pyrrole nitrogens is 1. The molecule has 1 saturated carbocycles. The van der Waals surface area contributed by atoms with Crippen LogP contribution < -0.4 is 0 Å². The lowest BCUT2D eigenvalue weighted by Crippen LogP contribution is -2.11. The molecule has 1 fully saturated rings. The van der Waals surface area contributed by atoms with Gasteiger partial charge in [-0.25, -0.2) is 14.1 Å². The van der Waals surface area contributed by atoms with Crippen LogP contribution in [-0.2, 0) is 0 Å². The maximum absolute atomic E-state index is 14.0. The summed E-state index contributed by atoms with van der Waals surface area (Å²) in [5.41, 5.74) is 1.30. The summed E-state index contributed by atoms with van der Waals surface area (Å²) in [6.07, 6.45) is 3.33. The van der Waals surface area contributed by atoms with E-state index in [9.17, 15) is 4.39 Å². The molecule has 7 heteroatoms. The van der Waals surface area contributed by atoms with E-state index in [1.807, 2.05) is 31.2 Å². The minimum atomic E-state index is -0.427. The summed E-state index contributed by atoms with van der Waals surface area (Å²) in [6.45, 7) is 2.01. The first-order valence-corrected chi connectivity index (χ1v) is 7.92. The number of nitrogens with zero attached hydrogens (tertiary/aromatic N) is 4. The van der Waals surface area contributed by atoms with E-state index >= 15 is 0 Å². The predicted molar refractivity (Wildman–Crippen MR) is 84.8 cm³/mol. The number of halogens is 2.